The molecule has 0 aliphatic carbocycles. The topological polar surface area (TPSA) is 69.6 Å². The number of aliphatic hydroxyl groups is 1. The van der Waals surface area contributed by atoms with Crippen LogP contribution in [0.15, 0.2) is 24.3 Å². The molecule has 0 saturated heterocycles. The van der Waals surface area contributed by atoms with Gasteiger partial charge in [-0.15, -0.1) is 0 Å². The largest absolute Gasteiger partial charge is 0.378 e. The molecule has 6 heteroatoms. The summed E-state index contributed by atoms with van der Waals surface area (Å²) in [6, 6.07) is 7.49. The molecule has 0 radical (unpaired) electrons. The van der Waals surface area contributed by atoms with Crippen molar-refractivity contribution in [3.8, 4) is 0 Å². The molecule has 0 saturated carbocycles. The van der Waals surface area contributed by atoms with Gasteiger partial charge < -0.3 is 5.11 Å². The van der Waals surface area contributed by atoms with E-state index >= 15 is 0 Å². The summed E-state index contributed by atoms with van der Waals surface area (Å²) in [5, 5.41) is 9.87. The summed E-state index contributed by atoms with van der Waals surface area (Å²) in [6.07, 6.45) is 4.25. The predicted octanol–water partition coefficient (Wildman–Crippen LogP) is 3.60. The lowest BCUT2D eigenvalue weighted by molar-refractivity contribution is -0.00359. The molecule has 2 N–H and O–H groups in total. The van der Waals surface area contributed by atoms with Gasteiger partial charge in [0.1, 0.15) is 6.23 Å². The minimum Gasteiger partial charge on any atom is -0.378 e. The lowest BCUT2D eigenvalue weighted by Gasteiger charge is -2.27. The van der Waals surface area contributed by atoms with Crippen LogP contribution in [0.3, 0.4) is 0 Å². The third kappa shape index (κ3) is 7.75. The third-order valence-corrected chi connectivity index (χ3v) is 5.97. The Morgan fingerprint density at radius 1 is 1.08 bits per heavy atom. The van der Waals surface area contributed by atoms with E-state index in [0.29, 0.717) is 5.69 Å². The van der Waals surface area contributed by atoms with E-state index in [1.54, 1.807) is 26.0 Å². The number of nitrogens with one attached hydrogen (secondary N) is 1. The van der Waals surface area contributed by atoms with E-state index in [2.05, 4.69) is 23.5 Å². The fourth-order valence-electron chi connectivity index (χ4n) is 2.68. The van der Waals surface area contributed by atoms with Gasteiger partial charge in [0, 0.05) is 18.8 Å². The molecule has 144 valence electrons. The number of rotatable bonds is 12. The van der Waals surface area contributed by atoms with Crippen LogP contribution in [0.5, 0.6) is 0 Å². The number of benzene rings is 1. The number of nitrogens with zero attached hydrogens (tertiary/aromatic N) is 1. The Kier molecular flexibility index (Phi) is 9.46. The molecule has 1 atom stereocenters. The molecule has 1 rings (SSSR count). The summed E-state index contributed by atoms with van der Waals surface area (Å²) in [5.74, 6) is 0. The van der Waals surface area contributed by atoms with Gasteiger partial charge in [-0.05, 0) is 63.6 Å². The smallest absolute Gasteiger partial charge is 0.235 e. The normalized spacial score (nSPS) is 13.4. The van der Waals surface area contributed by atoms with Crippen molar-refractivity contribution in [1.82, 2.24) is 4.90 Å². The predicted molar refractivity (Wildman–Crippen MR) is 105 cm³/mol. The van der Waals surface area contributed by atoms with E-state index in [-0.39, 0.29) is 6.23 Å². The molecule has 1 unspecified atom stereocenters. The van der Waals surface area contributed by atoms with Crippen LogP contribution in [0.4, 0.5) is 5.69 Å². The van der Waals surface area contributed by atoms with Gasteiger partial charge in [0.25, 0.3) is 0 Å². The number of hydrogen-bond donors (Lipinski definition) is 2. The number of sulfonamides is 1. The zero-order valence-electron chi connectivity index (χ0n) is 16.0. The van der Waals surface area contributed by atoms with Crippen molar-refractivity contribution >= 4 is 15.7 Å². The molecule has 0 heterocycles. The first-order valence-corrected chi connectivity index (χ1v) is 10.9. The molecule has 0 spiro atoms. The molecular weight excluding hydrogens is 336 g/mol. The Morgan fingerprint density at radius 2 is 1.64 bits per heavy atom. The molecule has 0 aliphatic heterocycles. The van der Waals surface area contributed by atoms with Crippen LogP contribution < -0.4 is 4.72 Å². The molecule has 0 aliphatic rings. The van der Waals surface area contributed by atoms with Gasteiger partial charge in [-0.2, -0.15) is 0 Å². The lowest BCUT2D eigenvalue weighted by Crippen LogP contribution is -2.36. The monoisotopic (exact) mass is 370 g/mol. The van der Waals surface area contributed by atoms with E-state index in [9.17, 15) is 13.5 Å². The quantitative estimate of drug-likeness (QED) is 0.552. The van der Waals surface area contributed by atoms with Crippen molar-refractivity contribution in [2.45, 2.75) is 71.3 Å². The van der Waals surface area contributed by atoms with Crippen molar-refractivity contribution in [2.24, 2.45) is 0 Å². The highest BCUT2D eigenvalue weighted by atomic mass is 32.2. The molecule has 1 aromatic rings. The van der Waals surface area contributed by atoms with Crippen LogP contribution in [0.2, 0.25) is 0 Å². The minimum atomic E-state index is -3.30. The van der Waals surface area contributed by atoms with Crippen molar-refractivity contribution in [3.63, 3.8) is 0 Å². The minimum absolute atomic E-state index is 0.378. The van der Waals surface area contributed by atoms with Crippen LogP contribution in [-0.2, 0) is 16.4 Å². The fourth-order valence-corrected chi connectivity index (χ4v) is 3.38. The Balaban J connectivity index is 2.48. The standard InChI is InChI=1S/C19H34N2O3S/c1-5-14-21(15-6-2)19(22)9-7-8-17-10-12-18(13-11-17)20-25(23,24)16(3)4/h10-13,16,19-20,22H,5-9,14-15H2,1-4H3. The first-order chi connectivity index (χ1) is 11.8. The maximum absolute atomic E-state index is 11.9. The number of aryl methyl sites for hydroxylation is 1. The zero-order chi connectivity index (χ0) is 18.9. The van der Waals surface area contributed by atoms with E-state index in [4.69, 9.17) is 0 Å². The van der Waals surface area contributed by atoms with Crippen LogP contribution in [0.25, 0.3) is 0 Å². The van der Waals surface area contributed by atoms with Gasteiger partial charge in [-0.25, -0.2) is 8.42 Å². The molecule has 0 aromatic heterocycles. The summed E-state index contributed by atoms with van der Waals surface area (Å²) >= 11 is 0. The van der Waals surface area contributed by atoms with Gasteiger partial charge in [-0.3, -0.25) is 9.62 Å². The van der Waals surface area contributed by atoms with Gasteiger partial charge in [0.2, 0.25) is 10.0 Å². The van der Waals surface area contributed by atoms with Crippen LogP contribution >= 0.6 is 0 Å². The fraction of sp³-hybridized carbons (Fsp3) is 0.684. The second-order valence-electron chi connectivity index (χ2n) is 6.80. The molecule has 0 bridgehead atoms. The maximum atomic E-state index is 11.9. The lowest BCUT2D eigenvalue weighted by atomic mass is 10.1. The number of aliphatic hydroxyl groups excluding tert-OH is 1. The highest BCUT2D eigenvalue weighted by Gasteiger charge is 2.15. The Morgan fingerprint density at radius 3 is 2.12 bits per heavy atom. The van der Waals surface area contributed by atoms with Crippen molar-refractivity contribution in [1.29, 1.82) is 0 Å². The van der Waals surface area contributed by atoms with Crippen molar-refractivity contribution in [3.05, 3.63) is 29.8 Å². The highest BCUT2D eigenvalue weighted by molar-refractivity contribution is 7.93. The Labute approximate surface area is 153 Å². The van der Waals surface area contributed by atoms with Crippen LogP contribution in [0.1, 0.15) is 58.9 Å². The summed E-state index contributed by atoms with van der Waals surface area (Å²) in [5.41, 5.74) is 1.74. The average molecular weight is 371 g/mol. The van der Waals surface area contributed by atoms with E-state index in [1.165, 1.54) is 0 Å². The summed E-state index contributed by atoms with van der Waals surface area (Å²) in [6.45, 7) is 9.43. The molecule has 5 nitrogen and oxygen atoms in total. The average Bonchev–Trinajstić information content (AvgIpc) is 2.55. The number of hydrogen-bond acceptors (Lipinski definition) is 4. The third-order valence-electron chi connectivity index (χ3n) is 4.21. The SMILES string of the molecule is CCCN(CCC)C(O)CCCc1ccc(NS(=O)(=O)C(C)C)cc1. The maximum Gasteiger partial charge on any atom is 0.235 e. The van der Waals surface area contributed by atoms with Gasteiger partial charge in [0.15, 0.2) is 0 Å². The molecule has 0 fully saturated rings. The summed E-state index contributed by atoms with van der Waals surface area (Å²) in [4.78, 5) is 2.14. The second-order valence-corrected chi connectivity index (χ2v) is 9.04. The van der Waals surface area contributed by atoms with E-state index < -0.39 is 15.3 Å². The molecule has 1 aromatic carbocycles. The second kappa shape index (κ2) is 10.8. The van der Waals surface area contributed by atoms with E-state index in [0.717, 1.165) is 50.8 Å². The van der Waals surface area contributed by atoms with Crippen LogP contribution in [-0.4, -0.2) is 43.0 Å². The molecule has 25 heavy (non-hydrogen) atoms. The Hall–Kier alpha value is -1.11. The first kappa shape index (κ1) is 21.9. The Bertz CT molecular complexity index is 579. The van der Waals surface area contributed by atoms with Crippen molar-refractivity contribution in [2.75, 3.05) is 17.8 Å². The molecule has 0 amide bonds. The van der Waals surface area contributed by atoms with E-state index in [1.807, 2.05) is 12.1 Å². The first-order valence-electron chi connectivity index (χ1n) is 9.32. The van der Waals surface area contributed by atoms with Crippen LogP contribution in [0, 0.1) is 0 Å². The zero-order valence-corrected chi connectivity index (χ0v) is 16.8. The summed E-state index contributed by atoms with van der Waals surface area (Å²) < 4.78 is 26.3. The van der Waals surface area contributed by atoms with Gasteiger partial charge >= 0.3 is 0 Å². The molecular formula is C19H34N2O3S. The number of anilines is 1. The highest BCUT2D eigenvalue weighted by Crippen LogP contribution is 2.16. The van der Waals surface area contributed by atoms with Gasteiger partial charge in [-0.1, -0.05) is 26.0 Å². The van der Waals surface area contributed by atoms with Gasteiger partial charge in [0.05, 0.1) is 5.25 Å². The summed E-state index contributed by atoms with van der Waals surface area (Å²) in [7, 11) is -3.30. The van der Waals surface area contributed by atoms with Crippen molar-refractivity contribution < 1.29 is 13.5 Å².